The smallest absolute Gasteiger partial charge is 0.416 e. The van der Waals surface area contributed by atoms with Crippen molar-refractivity contribution < 1.29 is 43.7 Å². The van der Waals surface area contributed by atoms with Crippen molar-refractivity contribution in [2.45, 2.75) is 32.5 Å². The third-order valence-electron chi connectivity index (χ3n) is 6.57. The Morgan fingerprint density at radius 2 is 1.67 bits per heavy atom. The number of hydrogen-bond donors (Lipinski definition) is 1. The Morgan fingerprint density at radius 1 is 1.02 bits per heavy atom. The van der Waals surface area contributed by atoms with E-state index in [0.717, 1.165) is 12.1 Å². The number of anilines is 2. The highest BCUT2D eigenvalue weighted by molar-refractivity contribution is 7.85. The fourth-order valence-corrected chi connectivity index (χ4v) is 7.12. The van der Waals surface area contributed by atoms with Gasteiger partial charge in [0.15, 0.2) is 6.54 Å². The Morgan fingerprint density at radius 3 is 2.26 bits per heavy atom. The molecular weight excluding hydrogens is 674 g/mol. The molecular formula is C26H26Cl2F3N3O6S3. The third-order valence-corrected chi connectivity index (χ3v) is 10.0. The number of fused-ring (bicyclic) bond motifs is 2. The fourth-order valence-electron chi connectivity index (χ4n) is 4.75. The molecule has 1 N–H and O–H groups in total. The van der Waals surface area contributed by atoms with E-state index in [1.807, 2.05) is 11.8 Å². The van der Waals surface area contributed by atoms with Gasteiger partial charge in [0, 0.05) is 37.4 Å². The van der Waals surface area contributed by atoms with Crippen LogP contribution in [0.25, 0.3) is 16.3 Å². The molecule has 0 fully saturated rings. The van der Waals surface area contributed by atoms with Gasteiger partial charge in [-0.2, -0.15) is 26.2 Å². The highest BCUT2D eigenvalue weighted by atomic mass is 35.5. The van der Waals surface area contributed by atoms with Crippen LogP contribution in [-0.2, 0) is 33.0 Å². The van der Waals surface area contributed by atoms with Crippen molar-refractivity contribution in [1.29, 1.82) is 0 Å². The summed E-state index contributed by atoms with van der Waals surface area (Å²) in [5.74, 6) is -0.513. The zero-order valence-corrected chi connectivity index (χ0v) is 26.5. The summed E-state index contributed by atoms with van der Waals surface area (Å²) >= 11 is 13.7. The van der Waals surface area contributed by atoms with E-state index in [9.17, 15) is 34.6 Å². The van der Waals surface area contributed by atoms with Crippen LogP contribution in [0.3, 0.4) is 0 Å². The number of alkyl halides is 3. The van der Waals surface area contributed by atoms with Gasteiger partial charge >= 0.3 is 6.18 Å². The standard InChI is InChI=1S/C26H26Cl2F3N3O6S3/c1-2-32-20-15-18(27)19(28)16-21(20)33(10-4-12-42(35,36)37)24(32)6-3-7-25-34(11-5-13-43(38,39)40)22-14-17(26(29,30)31)8-9-23(22)41-25/h3,6-9,14-16H,2,4-5,10-13H2,1H3,(H-,35,36,37,38,39,40). The number of aryl methyl sites for hydroxylation is 1. The molecule has 1 aliphatic heterocycles. The zero-order chi connectivity index (χ0) is 31.7. The van der Waals surface area contributed by atoms with E-state index in [0.29, 0.717) is 38.5 Å². The molecule has 1 aliphatic rings. The van der Waals surface area contributed by atoms with Crippen molar-refractivity contribution in [3.8, 4) is 0 Å². The lowest BCUT2D eigenvalue weighted by Gasteiger charge is -2.24. The molecule has 9 nitrogen and oxygen atoms in total. The molecule has 2 heterocycles. The van der Waals surface area contributed by atoms with Gasteiger partial charge in [0.2, 0.25) is 5.52 Å². The van der Waals surface area contributed by atoms with Crippen molar-refractivity contribution >= 4 is 82.4 Å². The first-order valence-corrected chi connectivity index (χ1v) is 17.6. The molecule has 0 saturated heterocycles. The average Bonchev–Trinajstić information content (AvgIpc) is 3.36. The summed E-state index contributed by atoms with van der Waals surface area (Å²) in [6.07, 6.45) is 0.476. The Bertz CT molecular complexity index is 1810. The van der Waals surface area contributed by atoms with Crippen LogP contribution < -0.4 is 14.4 Å². The van der Waals surface area contributed by atoms with Gasteiger partial charge in [0.1, 0.15) is 10.5 Å². The number of nitrogens with zero attached hydrogens (tertiary/aromatic N) is 3. The topological polar surface area (TPSA) is 122 Å². The Labute approximate surface area is 260 Å². The predicted molar refractivity (Wildman–Crippen MR) is 161 cm³/mol. The van der Waals surface area contributed by atoms with Crippen LogP contribution in [0, 0.1) is 0 Å². The summed E-state index contributed by atoms with van der Waals surface area (Å²) in [5, 5.41) is 1.12. The minimum absolute atomic E-state index is 0.0245. The first kappa shape index (κ1) is 33.5. The van der Waals surface area contributed by atoms with E-state index >= 15 is 0 Å². The number of hydrogen-bond acceptors (Lipinski definition) is 8. The highest BCUT2D eigenvalue weighted by Crippen LogP contribution is 2.45. The average molecular weight is 701 g/mol. The molecule has 1 aromatic heterocycles. The highest BCUT2D eigenvalue weighted by Gasteiger charge is 2.33. The van der Waals surface area contributed by atoms with E-state index < -0.39 is 43.5 Å². The molecule has 0 unspecified atom stereocenters. The second kappa shape index (κ2) is 12.9. The second-order valence-electron chi connectivity index (χ2n) is 9.56. The number of aromatic nitrogens is 1. The third kappa shape index (κ3) is 8.21. The predicted octanol–water partition coefficient (Wildman–Crippen LogP) is 5.93. The van der Waals surface area contributed by atoms with Crippen molar-refractivity contribution in [2.75, 3.05) is 34.4 Å². The summed E-state index contributed by atoms with van der Waals surface area (Å²) in [7, 11) is -8.71. The second-order valence-corrected chi connectivity index (χ2v) is 14.5. The van der Waals surface area contributed by atoms with Crippen molar-refractivity contribution in [1.82, 2.24) is 0 Å². The van der Waals surface area contributed by atoms with Crippen molar-refractivity contribution in [2.24, 2.45) is 0 Å². The lowest BCUT2D eigenvalue weighted by Crippen LogP contribution is -2.36. The van der Waals surface area contributed by atoms with Crippen LogP contribution in [0.4, 0.5) is 24.5 Å². The van der Waals surface area contributed by atoms with Gasteiger partial charge in [-0.1, -0.05) is 40.6 Å². The zero-order valence-electron chi connectivity index (χ0n) is 22.5. The van der Waals surface area contributed by atoms with Crippen LogP contribution in [0.15, 0.2) is 48.3 Å². The largest absolute Gasteiger partial charge is 0.748 e. The molecule has 0 atom stereocenters. The summed E-state index contributed by atoms with van der Waals surface area (Å²) in [6.45, 7) is 2.57. The maximum absolute atomic E-state index is 13.4. The summed E-state index contributed by atoms with van der Waals surface area (Å²) in [6, 6.07) is 6.65. The number of benzene rings is 2. The Balaban J connectivity index is 1.75. The van der Waals surface area contributed by atoms with Gasteiger partial charge in [0.25, 0.3) is 15.1 Å². The van der Waals surface area contributed by atoms with Crippen LogP contribution in [0.2, 0.25) is 10.0 Å². The number of rotatable bonds is 11. The lowest BCUT2D eigenvalue weighted by atomic mass is 10.2. The molecule has 4 rings (SSSR count). The van der Waals surface area contributed by atoms with Gasteiger partial charge in [-0.15, -0.1) is 0 Å². The lowest BCUT2D eigenvalue weighted by molar-refractivity contribution is -0.668. The van der Waals surface area contributed by atoms with Crippen molar-refractivity contribution in [3.63, 3.8) is 0 Å². The maximum atomic E-state index is 13.4. The van der Waals surface area contributed by atoms with Crippen LogP contribution in [0.5, 0.6) is 0 Å². The quantitative estimate of drug-likeness (QED) is 0.193. The summed E-state index contributed by atoms with van der Waals surface area (Å²) in [5.41, 5.74) is 0.773. The number of halogens is 5. The normalized spacial score (nSPS) is 15.4. The summed E-state index contributed by atoms with van der Waals surface area (Å²) < 4.78 is 108. The number of thiazole rings is 1. The van der Waals surface area contributed by atoms with Gasteiger partial charge in [-0.25, -0.2) is 8.42 Å². The Hall–Kier alpha value is -2.40. The van der Waals surface area contributed by atoms with E-state index in [2.05, 4.69) is 0 Å². The molecule has 3 aromatic rings. The van der Waals surface area contributed by atoms with Crippen LogP contribution in [-0.4, -0.2) is 50.5 Å². The van der Waals surface area contributed by atoms with Crippen molar-refractivity contribution in [3.05, 3.63) is 68.9 Å². The first-order valence-electron chi connectivity index (χ1n) is 12.8. The molecule has 234 valence electrons. The van der Waals surface area contributed by atoms with Gasteiger partial charge in [-0.3, -0.25) is 4.55 Å². The fraction of sp³-hybridized carbons (Fsp3) is 0.346. The van der Waals surface area contributed by atoms with Crippen LogP contribution >= 0.6 is 34.5 Å². The van der Waals surface area contributed by atoms with E-state index in [1.54, 1.807) is 39.8 Å². The molecule has 0 amide bonds. The minimum atomic E-state index is -4.58. The Kier molecular flexibility index (Phi) is 10.1. The molecule has 0 saturated carbocycles. The molecule has 0 radical (unpaired) electrons. The van der Waals surface area contributed by atoms with Crippen LogP contribution in [0.1, 0.15) is 30.3 Å². The minimum Gasteiger partial charge on any atom is -0.748 e. The molecule has 17 heteroatoms. The van der Waals surface area contributed by atoms with E-state index in [1.165, 1.54) is 17.4 Å². The molecule has 0 spiro atoms. The first-order chi connectivity index (χ1) is 20.0. The summed E-state index contributed by atoms with van der Waals surface area (Å²) in [4.78, 5) is 3.71. The SMILES string of the molecule is CCN1/C(=C/C=C/c2sc3ccc(C(F)(F)F)cc3[n+]2CCCS(=O)(=O)O)N(CCCS(=O)(=O)[O-])c2cc(Cl)c(Cl)cc21. The van der Waals surface area contributed by atoms with E-state index in [4.69, 9.17) is 27.8 Å². The van der Waals surface area contributed by atoms with Gasteiger partial charge < -0.3 is 14.4 Å². The number of allylic oxidation sites excluding steroid dienone is 2. The molecule has 43 heavy (non-hydrogen) atoms. The monoisotopic (exact) mass is 699 g/mol. The molecule has 0 bridgehead atoms. The van der Waals surface area contributed by atoms with Gasteiger partial charge in [0.05, 0.1) is 42.9 Å². The van der Waals surface area contributed by atoms with E-state index in [-0.39, 0.29) is 36.5 Å². The molecule has 0 aliphatic carbocycles. The maximum Gasteiger partial charge on any atom is 0.416 e. The van der Waals surface area contributed by atoms with Gasteiger partial charge in [-0.05, 0) is 43.7 Å². The molecule has 2 aromatic carbocycles.